The van der Waals surface area contributed by atoms with E-state index < -0.39 is 0 Å². The van der Waals surface area contributed by atoms with Crippen LogP contribution in [0.2, 0.25) is 0 Å². The smallest absolute Gasteiger partial charge is 0.264 e. The van der Waals surface area contributed by atoms with E-state index in [1.807, 2.05) is 29.8 Å². The summed E-state index contributed by atoms with van der Waals surface area (Å²) in [5, 5.41) is 20.1. The largest absolute Gasteiger partial charge is 0.317 e. The second-order valence-corrected chi connectivity index (χ2v) is 13.0. The Morgan fingerprint density at radius 1 is 1.07 bits per heavy atom. The number of likely N-dealkylation sites (tertiary alicyclic amines) is 1. The molecule has 1 amide bonds. The number of benzene rings is 2. The Bertz CT molecular complexity index is 2070. The molecule has 9 heteroatoms. The summed E-state index contributed by atoms with van der Waals surface area (Å²) in [5.41, 5.74) is 6.97. The van der Waals surface area contributed by atoms with E-state index in [2.05, 4.69) is 45.4 Å². The van der Waals surface area contributed by atoms with E-state index in [4.69, 9.17) is 9.97 Å². The fourth-order valence-corrected chi connectivity index (χ4v) is 7.21. The lowest BCUT2D eigenvalue weighted by atomic mass is 10.0. The predicted octanol–water partition coefficient (Wildman–Crippen LogP) is 6.12. The lowest BCUT2D eigenvalue weighted by Crippen LogP contribution is -2.23. The molecule has 216 valence electrons. The maximum absolute atomic E-state index is 14.3. The Labute approximate surface area is 254 Å². The van der Waals surface area contributed by atoms with E-state index in [1.54, 1.807) is 23.5 Å². The Balaban J connectivity index is 1.15. The first-order valence-electron chi connectivity index (χ1n) is 15.4. The van der Waals surface area contributed by atoms with Gasteiger partial charge in [-0.1, -0.05) is 12.1 Å². The first kappa shape index (κ1) is 25.5. The van der Waals surface area contributed by atoms with Gasteiger partial charge in [0.1, 0.15) is 18.2 Å². The summed E-state index contributed by atoms with van der Waals surface area (Å²) in [4.78, 5) is 28.4. The number of carbonyl (C=O) groups is 1. The lowest BCUT2D eigenvalue weighted by molar-refractivity contribution is 0.100. The van der Waals surface area contributed by atoms with Gasteiger partial charge in [0.15, 0.2) is 5.82 Å². The highest BCUT2D eigenvalue weighted by molar-refractivity contribution is 6.27. The maximum atomic E-state index is 14.3. The molecule has 9 rings (SSSR count). The zero-order chi connectivity index (χ0) is 29.6. The number of hydrogen-bond donors (Lipinski definition) is 0. The molecule has 1 saturated heterocycles. The second-order valence-electron chi connectivity index (χ2n) is 13.0. The molecular formula is C35H30N8O. The van der Waals surface area contributed by atoms with Crippen molar-refractivity contribution >= 4 is 28.2 Å². The van der Waals surface area contributed by atoms with Gasteiger partial charge in [-0.05, 0) is 91.4 Å². The van der Waals surface area contributed by atoms with Crippen LogP contribution in [0.5, 0.6) is 0 Å². The van der Waals surface area contributed by atoms with Crippen LogP contribution in [0.25, 0.3) is 33.4 Å². The van der Waals surface area contributed by atoms with Crippen LogP contribution in [0.1, 0.15) is 65.2 Å². The van der Waals surface area contributed by atoms with Gasteiger partial charge >= 0.3 is 0 Å². The van der Waals surface area contributed by atoms with Crippen LogP contribution in [0.3, 0.4) is 0 Å². The molecule has 5 aromatic rings. The van der Waals surface area contributed by atoms with Gasteiger partial charge in [0, 0.05) is 54.5 Å². The van der Waals surface area contributed by atoms with Gasteiger partial charge in [0.2, 0.25) is 0 Å². The third-order valence-electron chi connectivity index (χ3n) is 9.87. The van der Waals surface area contributed by atoms with Gasteiger partial charge in [-0.25, -0.2) is 4.98 Å². The predicted molar refractivity (Wildman–Crippen MR) is 166 cm³/mol. The van der Waals surface area contributed by atoms with E-state index in [1.165, 1.54) is 31.4 Å². The summed E-state index contributed by atoms with van der Waals surface area (Å²) in [5.74, 6) is 1.50. The zero-order valence-electron chi connectivity index (χ0n) is 24.5. The van der Waals surface area contributed by atoms with Crippen molar-refractivity contribution in [3.8, 4) is 28.7 Å². The average molecular weight is 579 g/mol. The molecule has 0 unspecified atom stereocenters. The molecule has 0 N–H and O–H groups in total. The first-order valence-corrected chi connectivity index (χ1v) is 15.4. The van der Waals surface area contributed by atoms with E-state index in [9.17, 15) is 10.1 Å². The molecule has 4 aliphatic rings. The van der Waals surface area contributed by atoms with E-state index in [0.29, 0.717) is 39.8 Å². The molecule has 3 aromatic heterocycles. The minimum absolute atomic E-state index is 0.0501. The molecule has 3 fully saturated rings. The van der Waals surface area contributed by atoms with Crippen molar-refractivity contribution in [3.05, 3.63) is 83.4 Å². The normalized spacial score (nSPS) is 18.5. The second kappa shape index (κ2) is 9.28. The molecular weight excluding hydrogens is 548 g/mol. The van der Waals surface area contributed by atoms with Crippen LogP contribution in [0.15, 0.2) is 61.1 Å². The Morgan fingerprint density at radius 2 is 1.95 bits per heavy atom. The van der Waals surface area contributed by atoms with E-state index >= 15 is 0 Å². The number of hydrogen-bond acceptors (Lipinski definition) is 7. The van der Waals surface area contributed by atoms with Crippen molar-refractivity contribution < 1.29 is 4.79 Å². The van der Waals surface area contributed by atoms with Gasteiger partial charge in [0.25, 0.3) is 5.91 Å². The number of aryl methyl sites for hydroxylation is 1. The SMILES string of the molecule is Cn1cnnc1-c1cc(C#N)cnc1-c1cc(C2CC2)nc(N2C(=O)c3cc(CN4CCC5(CC5)C4)cc4cccc2c34)c1. The third-order valence-corrected chi connectivity index (χ3v) is 9.87. The van der Waals surface area contributed by atoms with Crippen molar-refractivity contribution in [3.63, 3.8) is 0 Å². The highest BCUT2D eigenvalue weighted by Gasteiger charge is 2.47. The number of nitriles is 1. The minimum atomic E-state index is -0.0501. The number of nitrogens with zero attached hydrogens (tertiary/aromatic N) is 8. The summed E-state index contributed by atoms with van der Waals surface area (Å²) in [6.07, 6.45) is 9.36. The monoisotopic (exact) mass is 578 g/mol. The van der Waals surface area contributed by atoms with Crippen molar-refractivity contribution in [2.75, 3.05) is 18.0 Å². The number of carbonyl (C=O) groups excluding carboxylic acids is 1. The standard InChI is InChI=1S/C35H30N8O/c1-41-20-38-40-33(41)27-13-22(16-36)17-37-32(27)25-14-28(23-5-6-23)39-30(15-25)43-29-4-2-3-24-11-21(12-26(31(24)29)34(43)44)18-42-10-9-35(19-42)7-8-35/h2-4,11-15,17,20,23H,5-10,18-19H2,1H3. The molecule has 9 nitrogen and oxygen atoms in total. The third kappa shape index (κ3) is 4.05. The van der Waals surface area contributed by atoms with Crippen molar-refractivity contribution in [2.24, 2.45) is 12.5 Å². The van der Waals surface area contributed by atoms with Crippen LogP contribution in [0.4, 0.5) is 11.5 Å². The lowest BCUT2D eigenvalue weighted by Gasteiger charge is -2.19. The Hall–Kier alpha value is -4.94. The minimum Gasteiger partial charge on any atom is -0.317 e. The van der Waals surface area contributed by atoms with Crippen molar-refractivity contribution in [2.45, 2.75) is 44.6 Å². The molecule has 2 saturated carbocycles. The highest BCUT2D eigenvalue weighted by Crippen LogP contribution is 2.53. The summed E-state index contributed by atoms with van der Waals surface area (Å²) < 4.78 is 1.82. The maximum Gasteiger partial charge on any atom is 0.264 e. The van der Waals surface area contributed by atoms with E-state index in [-0.39, 0.29) is 5.91 Å². The summed E-state index contributed by atoms with van der Waals surface area (Å²) >= 11 is 0. The highest BCUT2D eigenvalue weighted by atomic mass is 16.2. The van der Waals surface area contributed by atoms with Crippen LogP contribution >= 0.6 is 0 Å². The van der Waals surface area contributed by atoms with Crippen LogP contribution in [-0.2, 0) is 13.6 Å². The molecule has 44 heavy (non-hydrogen) atoms. The van der Waals surface area contributed by atoms with Gasteiger partial charge in [-0.3, -0.25) is 19.6 Å². The van der Waals surface area contributed by atoms with Gasteiger partial charge in [-0.2, -0.15) is 5.26 Å². The van der Waals surface area contributed by atoms with Crippen LogP contribution in [0, 0.1) is 16.7 Å². The van der Waals surface area contributed by atoms with Crippen LogP contribution in [-0.4, -0.2) is 48.6 Å². The summed E-state index contributed by atoms with van der Waals surface area (Å²) in [7, 11) is 1.87. The average Bonchev–Trinajstić information content (AvgIpc) is 3.92. The topological polar surface area (TPSA) is 104 Å². The number of anilines is 2. The molecule has 0 bridgehead atoms. The number of pyridine rings is 2. The Kier molecular flexibility index (Phi) is 5.39. The molecule has 2 aromatic carbocycles. The Morgan fingerprint density at radius 3 is 2.70 bits per heavy atom. The summed E-state index contributed by atoms with van der Waals surface area (Å²) in [6.45, 7) is 3.17. The van der Waals surface area contributed by atoms with E-state index in [0.717, 1.165) is 59.2 Å². The molecule has 0 atom stereocenters. The summed E-state index contributed by atoms with van der Waals surface area (Å²) in [6, 6.07) is 18.5. The molecule has 1 spiro atoms. The number of amides is 1. The molecule has 2 aliphatic heterocycles. The zero-order valence-corrected chi connectivity index (χ0v) is 24.5. The molecule has 0 radical (unpaired) electrons. The first-order chi connectivity index (χ1) is 21.5. The molecule has 2 aliphatic carbocycles. The van der Waals surface area contributed by atoms with Crippen molar-refractivity contribution in [1.82, 2.24) is 29.6 Å². The van der Waals surface area contributed by atoms with Gasteiger partial charge < -0.3 is 4.57 Å². The van der Waals surface area contributed by atoms with Crippen molar-refractivity contribution in [1.29, 1.82) is 5.26 Å². The fourth-order valence-electron chi connectivity index (χ4n) is 7.21. The number of rotatable bonds is 6. The van der Waals surface area contributed by atoms with Gasteiger partial charge in [-0.15, -0.1) is 10.2 Å². The van der Waals surface area contributed by atoms with Crippen LogP contribution < -0.4 is 4.90 Å². The van der Waals surface area contributed by atoms with Gasteiger partial charge in [0.05, 0.1) is 22.5 Å². The fraction of sp³-hybridized carbons (Fsp3) is 0.314. The quantitative estimate of drug-likeness (QED) is 0.239. The number of aromatic nitrogens is 5. The molecule has 5 heterocycles.